The fourth-order valence-corrected chi connectivity index (χ4v) is 3.93. The minimum absolute atomic E-state index is 0.118. The van der Waals surface area contributed by atoms with E-state index in [1.54, 1.807) is 18.7 Å². The zero-order valence-corrected chi connectivity index (χ0v) is 14.7. The normalized spacial score (nSPS) is 19.7. The molecule has 1 N–H and O–H groups in total. The quantitative estimate of drug-likeness (QED) is 0.887. The zero-order chi connectivity index (χ0) is 17.9. The first-order chi connectivity index (χ1) is 12.7. The summed E-state index contributed by atoms with van der Waals surface area (Å²) in [6.07, 6.45) is 8.72. The maximum absolute atomic E-state index is 12.9. The summed E-state index contributed by atoms with van der Waals surface area (Å²) >= 11 is 0. The molecule has 4 rings (SSSR count). The van der Waals surface area contributed by atoms with Gasteiger partial charge >= 0.3 is 0 Å². The van der Waals surface area contributed by atoms with Crippen molar-refractivity contribution < 1.29 is 9.59 Å². The number of nitrogens with zero attached hydrogens (tertiary/aromatic N) is 4. The Bertz CT molecular complexity index is 788. The van der Waals surface area contributed by atoms with Gasteiger partial charge in [0.2, 0.25) is 11.8 Å². The van der Waals surface area contributed by atoms with Gasteiger partial charge in [0.15, 0.2) is 0 Å². The molecule has 0 aromatic carbocycles. The summed E-state index contributed by atoms with van der Waals surface area (Å²) in [5.74, 6) is 0.332. The number of nitrogens with one attached hydrogen (secondary N) is 1. The molecule has 2 aliphatic rings. The average Bonchev–Trinajstić information content (AvgIpc) is 3.30. The van der Waals surface area contributed by atoms with Crippen LogP contribution in [0, 0.1) is 0 Å². The highest BCUT2D eigenvalue weighted by atomic mass is 16.2. The van der Waals surface area contributed by atoms with Crippen LogP contribution >= 0.6 is 0 Å². The van der Waals surface area contributed by atoms with E-state index in [4.69, 9.17) is 0 Å². The molecule has 1 fully saturated rings. The van der Waals surface area contributed by atoms with Crippen molar-refractivity contribution in [2.24, 2.45) is 0 Å². The van der Waals surface area contributed by atoms with Gasteiger partial charge in [0.1, 0.15) is 6.04 Å². The molecule has 0 saturated carbocycles. The van der Waals surface area contributed by atoms with Crippen LogP contribution in [0.5, 0.6) is 0 Å². The standard InChI is InChI=1S/C19H23N5O2/c25-16-3-1-10-23(16)11-2-4-17(26)24-12-7-15-18(22-13-21-15)19(24)14-5-8-20-9-6-14/h5-6,8-9,13,19H,1-4,7,10-12H2,(H,21,22). The summed E-state index contributed by atoms with van der Waals surface area (Å²) in [6, 6.07) is 3.71. The Morgan fingerprint density at radius 3 is 2.85 bits per heavy atom. The largest absolute Gasteiger partial charge is 0.348 e. The highest BCUT2D eigenvalue weighted by Crippen LogP contribution is 2.33. The van der Waals surface area contributed by atoms with E-state index in [9.17, 15) is 9.59 Å². The second-order valence-corrected chi connectivity index (χ2v) is 6.87. The average molecular weight is 353 g/mol. The van der Waals surface area contributed by atoms with Crippen molar-refractivity contribution in [3.63, 3.8) is 0 Å². The van der Waals surface area contributed by atoms with Crippen LogP contribution in [-0.2, 0) is 16.0 Å². The van der Waals surface area contributed by atoms with Gasteiger partial charge in [0, 0.05) is 57.0 Å². The minimum atomic E-state index is -0.172. The number of carbonyl (C=O) groups excluding carboxylic acids is 2. The minimum Gasteiger partial charge on any atom is -0.348 e. The Balaban J connectivity index is 1.47. The number of carbonyl (C=O) groups is 2. The monoisotopic (exact) mass is 353 g/mol. The molecule has 1 atom stereocenters. The maximum Gasteiger partial charge on any atom is 0.223 e. The molecule has 4 heterocycles. The lowest BCUT2D eigenvalue weighted by Crippen LogP contribution is -2.41. The second-order valence-electron chi connectivity index (χ2n) is 6.87. The van der Waals surface area contributed by atoms with E-state index >= 15 is 0 Å². The van der Waals surface area contributed by atoms with Crippen molar-refractivity contribution in [3.8, 4) is 0 Å². The van der Waals surface area contributed by atoms with Crippen LogP contribution in [0.1, 0.15) is 48.7 Å². The predicted octanol–water partition coefficient (Wildman–Crippen LogP) is 1.68. The number of pyridine rings is 1. The Labute approximate surface area is 152 Å². The first-order valence-corrected chi connectivity index (χ1v) is 9.23. The van der Waals surface area contributed by atoms with Crippen LogP contribution < -0.4 is 0 Å². The third-order valence-corrected chi connectivity index (χ3v) is 5.26. The SMILES string of the molecule is O=C1CCCN1CCCC(=O)N1CCc2[nH]cnc2C1c1ccncc1. The summed E-state index contributed by atoms with van der Waals surface area (Å²) in [5.41, 5.74) is 3.04. The van der Waals surface area contributed by atoms with Crippen molar-refractivity contribution in [1.29, 1.82) is 0 Å². The molecule has 1 unspecified atom stereocenters. The molecule has 2 aromatic rings. The molecule has 2 aliphatic heterocycles. The molecular weight excluding hydrogens is 330 g/mol. The number of hydrogen-bond donors (Lipinski definition) is 1. The number of imidazole rings is 1. The number of amides is 2. The molecule has 26 heavy (non-hydrogen) atoms. The summed E-state index contributed by atoms with van der Waals surface area (Å²) < 4.78 is 0. The van der Waals surface area contributed by atoms with Gasteiger partial charge < -0.3 is 14.8 Å². The van der Waals surface area contributed by atoms with Crippen LogP contribution in [0.15, 0.2) is 30.9 Å². The van der Waals surface area contributed by atoms with Crippen molar-refractivity contribution in [2.75, 3.05) is 19.6 Å². The van der Waals surface area contributed by atoms with Crippen molar-refractivity contribution in [1.82, 2.24) is 24.8 Å². The van der Waals surface area contributed by atoms with Crippen LogP contribution in [-0.4, -0.2) is 56.2 Å². The number of rotatable bonds is 5. The highest BCUT2D eigenvalue weighted by Gasteiger charge is 2.33. The number of fused-ring (bicyclic) bond motifs is 1. The summed E-state index contributed by atoms with van der Waals surface area (Å²) in [4.78, 5) is 40.2. The Morgan fingerprint density at radius 1 is 1.23 bits per heavy atom. The molecule has 0 spiro atoms. The van der Waals surface area contributed by atoms with Gasteiger partial charge in [0.25, 0.3) is 0 Å². The van der Waals surface area contributed by atoms with E-state index in [1.165, 1.54) is 0 Å². The van der Waals surface area contributed by atoms with Gasteiger partial charge in [-0.1, -0.05) is 0 Å². The van der Waals surface area contributed by atoms with E-state index in [1.807, 2.05) is 21.9 Å². The molecular formula is C19H23N5O2. The lowest BCUT2D eigenvalue weighted by molar-refractivity contribution is -0.134. The van der Waals surface area contributed by atoms with E-state index < -0.39 is 0 Å². The fraction of sp³-hybridized carbons (Fsp3) is 0.474. The Hall–Kier alpha value is -2.70. The zero-order valence-electron chi connectivity index (χ0n) is 14.7. The van der Waals surface area contributed by atoms with E-state index in [0.717, 1.165) is 36.3 Å². The third kappa shape index (κ3) is 3.21. The fourth-order valence-electron chi connectivity index (χ4n) is 3.93. The molecule has 7 nitrogen and oxygen atoms in total. The Kier molecular flexibility index (Phi) is 4.69. The van der Waals surface area contributed by atoms with Crippen molar-refractivity contribution >= 4 is 11.8 Å². The molecule has 136 valence electrons. The first kappa shape index (κ1) is 16.8. The number of hydrogen-bond acceptors (Lipinski definition) is 4. The van der Waals surface area contributed by atoms with Gasteiger partial charge in [-0.25, -0.2) is 4.98 Å². The molecule has 0 radical (unpaired) electrons. The molecule has 1 saturated heterocycles. The smallest absolute Gasteiger partial charge is 0.223 e. The van der Waals surface area contributed by atoms with Gasteiger partial charge in [-0.2, -0.15) is 0 Å². The molecule has 2 amide bonds. The molecule has 2 aromatic heterocycles. The highest BCUT2D eigenvalue weighted by molar-refractivity contribution is 5.79. The van der Waals surface area contributed by atoms with E-state index in [-0.39, 0.29) is 17.9 Å². The second kappa shape index (κ2) is 7.27. The summed E-state index contributed by atoms with van der Waals surface area (Å²) in [6.45, 7) is 2.17. The van der Waals surface area contributed by atoms with Gasteiger partial charge in [0.05, 0.1) is 12.0 Å². The van der Waals surface area contributed by atoms with E-state index in [2.05, 4.69) is 15.0 Å². The van der Waals surface area contributed by atoms with Crippen LogP contribution in [0.4, 0.5) is 0 Å². The topological polar surface area (TPSA) is 82.2 Å². The number of aromatic nitrogens is 3. The number of aromatic amines is 1. The van der Waals surface area contributed by atoms with Gasteiger partial charge in [-0.05, 0) is 30.5 Å². The molecule has 0 aliphatic carbocycles. The van der Waals surface area contributed by atoms with Crippen LogP contribution in [0.2, 0.25) is 0 Å². The third-order valence-electron chi connectivity index (χ3n) is 5.26. The molecule has 7 heteroatoms. The Morgan fingerprint density at radius 2 is 2.08 bits per heavy atom. The lowest BCUT2D eigenvalue weighted by atomic mass is 9.96. The number of H-pyrrole nitrogens is 1. The number of likely N-dealkylation sites (tertiary alicyclic amines) is 1. The molecule has 0 bridgehead atoms. The maximum atomic E-state index is 12.9. The van der Waals surface area contributed by atoms with Crippen molar-refractivity contribution in [3.05, 3.63) is 47.8 Å². The van der Waals surface area contributed by atoms with Crippen LogP contribution in [0.3, 0.4) is 0 Å². The van der Waals surface area contributed by atoms with Gasteiger partial charge in [-0.3, -0.25) is 14.6 Å². The van der Waals surface area contributed by atoms with Crippen molar-refractivity contribution in [2.45, 2.75) is 38.1 Å². The first-order valence-electron chi connectivity index (χ1n) is 9.23. The van der Waals surface area contributed by atoms with Crippen LogP contribution in [0.25, 0.3) is 0 Å². The lowest BCUT2D eigenvalue weighted by Gasteiger charge is -2.35. The van der Waals surface area contributed by atoms with Gasteiger partial charge in [-0.15, -0.1) is 0 Å². The summed E-state index contributed by atoms with van der Waals surface area (Å²) in [7, 11) is 0. The summed E-state index contributed by atoms with van der Waals surface area (Å²) in [5, 5.41) is 0. The predicted molar refractivity (Wildman–Crippen MR) is 95.1 cm³/mol. The van der Waals surface area contributed by atoms with E-state index in [0.29, 0.717) is 32.4 Å².